The third kappa shape index (κ3) is 5.89. The van der Waals surface area contributed by atoms with E-state index in [1.165, 1.54) is 11.3 Å². The van der Waals surface area contributed by atoms with Gasteiger partial charge in [-0.3, -0.25) is 4.98 Å². The second-order valence-electron chi connectivity index (χ2n) is 10.1. The number of thiazole rings is 1. The highest BCUT2D eigenvalue weighted by atomic mass is 32.1. The van der Waals surface area contributed by atoms with Crippen LogP contribution < -0.4 is 10.6 Å². The predicted molar refractivity (Wildman–Crippen MR) is 139 cm³/mol. The number of methoxy groups -OCH3 is 1. The first kappa shape index (κ1) is 28.1. The molecule has 4 unspecified atom stereocenters. The molecular formula is C25H31F3N6O3S. The Kier molecular flexibility index (Phi) is 7.91. The molecule has 1 aliphatic rings. The molecule has 0 spiro atoms. The average molecular weight is 553 g/mol. The predicted octanol–water partition coefficient (Wildman–Crippen LogP) is 4.53. The Morgan fingerprint density at radius 1 is 1.21 bits per heavy atom. The SMILES string of the molecule is COC(CNc1nc(C)c(-c2nc3c(C)nccc3s2)c(NC2CC(C(C)(C)O)CC2C=O)n1)C(F)(F)F. The van der Waals surface area contributed by atoms with Crippen molar-refractivity contribution in [2.24, 2.45) is 11.8 Å². The highest BCUT2D eigenvalue weighted by Crippen LogP contribution is 2.41. The van der Waals surface area contributed by atoms with E-state index in [1.807, 2.05) is 13.0 Å². The fourth-order valence-corrected chi connectivity index (χ4v) is 5.87. The molecule has 0 aromatic carbocycles. The van der Waals surface area contributed by atoms with Crippen LogP contribution in [0.4, 0.5) is 24.9 Å². The van der Waals surface area contributed by atoms with Crippen molar-refractivity contribution in [3.63, 3.8) is 0 Å². The van der Waals surface area contributed by atoms with Crippen molar-refractivity contribution in [1.82, 2.24) is 19.9 Å². The summed E-state index contributed by atoms with van der Waals surface area (Å²) in [4.78, 5) is 29.9. The zero-order valence-corrected chi connectivity index (χ0v) is 22.6. The number of rotatable bonds is 9. The summed E-state index contributed by atoms with van der Waals surface area (Å²) in [6.07, 6.45) is -3.01. The minimum Gasteiger partial charge on any atom is -0.390 e. The van der Waals surface area contributed by atoms with Gasteiger partial charge in [-0.05, 0) is 52.5 Å². The number of fused-ring (bicyclic) bond motifs is 1. The van der Waals surface area contributed by atoms with Gasteiger partial charge in [0.25, 0.3) is 0 Å². The van der Waals surface area contributed by atoms with Crippen LogP contribution in [-0.2, 0) is 9.53 Å². The number of pyridine rings is 1. The molecule has 1 aliphatic carbocycles. The Balaban J connectivity index is 1.74. The highest BCUT2D eigenvalue weighted by Gasteiger charge is 2.42. The average Bonchev–Trinajstić information content (AvgIpc) is 3.43. The molecule has 3 aromatic heterocycles. The Labute approximate surface area is 222 Å². The molecule has 4 atom stereocenters. The van der Waals surface area contributed by atoms with Gasteiger partial charge in [0.05, 0.1) is 33.8 Å². The minimum absolute atomic E-state index is 0.0151. The molecule has 3 heterocycles. The number of aryl methyl sites for hydroxylation is 2. The maximum Gasteiger partial charge on any atom is 0.416 e. The van der Waals surface area contributed by atoms with Crippen molar-refractivity contribution in [3.05, 3.63) is 23.7 Å². The zero-order valence-electron chi connectivity index (χ0n) is 21.8. The number of carbonyl (C=O) groups excluding carboxylic acids is 1. The molecule has 38 heavy (non-hydrogen) atoms. The van der Waals surface area contributed by atoms with E-state index in [0.717, 1.165) is 29.3 Å². The molecule has 13 heteroatoms. The van der Waals surface area contributed by atoms with Gasteiger partial charge in [0.15, 0.2) is 6.10 Å². The molecule has 3 N–H and O–H groups in total. The van der Waals surface area contributed by atoms with E-state index in [4.69, 9.17) is 4.98 Å². The van der Waals surface area contributed by atoms with E-state index >= 15 is 0 Å². The summed E-state index contributed by atoms with van der Waals surface area (Å²) in [5.41, 5.74) is 1.61. The van der Waals surface area contributed by atoms with Crippen LogP contribution in [0.5, 0.6) is 0 Å². The van der Waals surface area contributed by atoms with Crippen LogP contribution in [0.1, 0.15) is 38.1 Å². The van der Waals surface area contributed by atoms with Gasteiger partial charge in [0.2, 0.25) is 5.95 Å². The van der Waals surface area contributed by atoms with Crippen molar-refractivity contribution in [3.8, 4) is 10.6 Å². The molecule has 9 nitrogen and oxygen atoms in total. The van der Waals surface area contributed by atoms with Crippen LogP contribution in [-0.4, -0.2) is 68.9 Å². The standard InChI is InChI=1S/C25H31F3N6O3S/c1-12-19(22-33-20-13(2)29-7-6-17(20)38-22)21(32-16-9-15(24(3,4)36)8-14(16)11-35)34-23(31-12)30-10-18(37-5)25(26,27)28/h6-7,11,14-16,18,36H,8-10H2,1-5H3,(H2,30,31,32,34). The summed E-state index contributed by atoms with van der Waals surface area (Å²) in [6.45, 7) is 6.44. The van der Waals surface area contributed by atoms with Crippen molar-refractivity contribution in [1.29, 1.82) is 0 Å². The molecule has 1 fully saturated rings. The Morgan fingerprint density at radius 2 is 1.95 bits per heavy atom. The van der Waals surface area contributed by atoms with Crippen LogP contribution in [0.15, 0.2) is 12.3 Å². The number of carbonyl (C=O) groups is 1. The fourth-order valence-electron chi connectivity index (χ4n) is 4.76. The number of aldehydes is 1. The van der Waals surface area contributed by atoms with Gasteiger partial charge in [-0.25, -0.2) is 9.97 Å². The number of ether oxygens (including phenoxy) is 1. The topological polar surface area (TPSA) is 122 Å². The molecule has 4 rings (SSSR count). The van der Waals surface area contributed by atoms with Crippen LogP contribution in [0.3, 0.4) is 0 Å². The van der Waals surface area contributed by atoms with Crippen LogP contribution >= 0.6 is 11.3 Å². The van der Waals surface area contributed by atoms with Crippen molar-refractivity contribution in [2.75, 3.05) is 24.3 Å². The maximum absolute atomic E-state index is 13.2. The van der Waals surface area contributed by atoms with Crippen molar-refractivity contribution in [2.45, 2.75) is 64.5 Å². The van der Waals surface area contributed by atoms with Crippen LogP contribution in [0.25, 0.3) is 20.8 Å². The van der Waals surface area contributed by atoms with Gasteiger partial charge < -0.3 is 25.3 Å². The molecule has 3 aromatic rings. The normalized spacial score (nSPS) is 21.0. The van der Waals surface area contributed by atoms with Gasteiger partial charge in [-0.15, -0.1) is 11.3 Å². The third-order valence-corrected chi connectivity index (χ3v) is 8.04. The molecular weight excluding hydrogens is 521 g/mol. The summed E-state index contributed by atoms with van der Waals surface area (Å²) in [7, 11) is 0.991. The summed E-state index contributed by atoms with van der Waals surface area (Å²) in [5.74, 6) is -0.168. The van der Waals surface area contributed by atoms with Gasteiger partial charge in [-0.2, -0.15) is 18.2 Å². The quantitative estimate of drug-likeness (QED) is 0.329. The monoisotopic (exact) mass is 552 g/mol. The van der Waals surface area contributed by atoms with Gasteiger partial charge in [-0.1, -0.05) is 0 Å². The smallest absolute Gasteiger partial charge is 0.390 e. The summed E-state index contributed by atoms with van der Waals surface area (Å²) < 4.78 is 45.1. The number of hydrogen-bond donors (Lipinski definition) is 3. The third-order valence-electron chi connectivity index (χ3n) is 7.00. The Morgan fingerprint density at radius 3 is 2.55 bits per heavy atom. The van der Waals surface area contributed by atoms with Gasteiger partial charge in [0, 0.05) is 25.3 Å². The molecule has 0 radical (unpaired) electrons. The van der Waals surface area contributed by atoms with E-state index in [2.05, 4.69) is 30.3 Å². The summed E-state index contributed by atoms with van der Waals surface area (Å²) in [6, 6.07) is 1.52. The zero-order chi connectivity index (χ0) is 27.8. The number of nitrogens with zero attached hydrogens (tertiary/aromatic N) is 4. The van der Waals surface area contributed by atoms with E-state index in [9.17, 15) is 23.1 Å². The summed E-state index contributed by atoms with van der Waals surface area (Å²) >= 11 is 1.42. The molecule has 0 aliphatic heterocycles. The lowest BCUT2D eigenvalue weighted by atomic mass is 9.89. The first-order valence-corrected chi connectivity index (χ1v) is 13.0. The molecule has 206 valence electrons. The Bertz CT molecular complexity index is 1310. The molecule has 0 bridgehead atoms. The van der Waals surface area contributed by atoms with Crippen molar-refractivity contribution >= 4 is 39.6 Å². The lowest BCUT2D eigenvalue weighted by molar-refractivity contribution is -0.207. The number of aliphatic hydroxyl groups is 1. The van der Waals surface area contributed by atoms with E-state index in [1.54, 1.807) is 27.0 Å². The first-order valence-electron chi connectivity index (χ1n) is 12.2. The number of alkyl halides is 3. The maximum atomic E-state index is 13.2. The largest absolute Gasteiger partial charge is 0.416 e. The van der Waals surface area contributed by atoms with Crippen LogP contribution in [0, 0.1) is 25.7 Å². The Hall–Kier alpha value is -2.90. The van der Waals surface area contributed by atoms with E-state index in [-0.39, 0.29) is 23.8 Å². The van der Waals surface area contributed by atoms with Crippen LogP contribution in [0.2, 0.25) is 0 Å². The van der Waals surface area contributed by atoms with Gasteiger partial charge >= 0.3 is 6.18 Å². The fraction of sp³-hybridized carbons (Fsp3) is 0.560. The number of halogens is 3. The number of aromatic nitrogens is 4. The highest BCUT2D eigenvalue weighted by molar-refractivity contribution is 7.21. The van der Waals surface area contributed by atoms with Crippen molar-refractivity contribution < 1.29 is 27.8 Å². The minimum atomic E-state index is -4.56. The number of nitrogens with one attached hydrogen (secondary N) is 2. The van der Waals surface area contributed by atoms with E-state index < -0.39 is 24.4 Å². The number of hydrogen-bond acceptors (Lipinski definition) is 10. The lowest BCUT2D eigenvalue weighted by Crippen LogP contribution is -2.37. The molecule has 1 saturated carbocycles. The number of anilines is 2. The molecule has 0 amide bonds. The lowest BCUT2D eigenvalue weighted by Gasteiger charge is -2.25. The molecule has 0 saturated heterocycles. The second kappa shape index (κ2) is 10.7. The second-order valence-corrected chi connectivity index (χ2v) is 11.2. The van der Waals surface area contributed by atoms with Gasteiger partial charge in [0.1, 0.15) is 22.6 Å². The first-order chi connectivity index (χ1) is 17.8. The summed E-state index contributed by atoms with van der Waals surface area (Å²) in [5, 5.41) is 17.2. The van der Waals surface area contributed by atoms with E-state index in [0.29, 0.717) is 34.9 Å².